The first kappa shape index (κ1) is 11.7. The lowest BCUT2D eigenvalue weighted by Gasteiger charge is -2.04. The highest BCUT2D eigenvalue weighted by Gasteiger charge is 2.33. The largest absolute Gasteiger partial charge is 0.481 e. The summed E-state index contributed by atoms with van der Waals surface area (Å²) < 4.78 is 0. The average molecular weight is 249 g/mol. The van der Waals surface area contributed by atoms with Crippen molar-refractivity contribution < 1.29 is 9.90 Å². The van der Waals surface area contributed by atoms with Crippen LogP contribution < -0.4 is 0 Å². The number of aromatic nitrogens is 3. The Morgan fingerprint density at radius 3 is 2.61 bits per heavy atom. The predicted octanol–water partition coefficient (Wildman–Crippen LogP) is 2.43. The molecule has 0 bridgehead atoms. The standard InChI is InChI=1S/C13H19N3O2/c17-13(18)10-6-5-9(7-10)12-14-11(15-16-12)8-3-1-2-4-8/h8-10H,1-7H2,(H,17,18)(H,14,15,16). The maximum absolute atomic E-state index is 10.9. The van der Waals surface area contributed by atoms with Gasteiger partial charge in [0.05, 0.1) is 5.92 Å². The zero-order valence-corrected chi connectivity index (χ0v) is 10.4. The molecule has 2 unspecified atom stereocenters. The Morgan fingerprint density at radius 2 is 1.94 bits per heavy atom. The number of nitrogens with one attached hydrogen (secondary N) is 1. The van der Waals surface area contributed by atoms with Crippen molar-refractivity contribution in [1.29, 1.82) is 0 Å². The van der Waals surface area contributed by atoms with Crippen LogP contribution in [-0.4, -0.2) is 26.3 Å². The second-order valence-electron chi connectivity index (χ2n) is 5.61. The molecule has 0 radical (unpaired) electrons. The van der Waals surface area contributed by atoms with Crippen molar-refractivity contribution in [2.45, 2.75) is 56.8 Å². The van der Waals surface area contributed by atoms with Gasteiger partial charge in [-0.15, -0.1) is 0 Å². The Morgan fingerprint density at radius 1 is 1.17 bits per heavy atom. The maximum Gasteiger partial charge on any atom is 0.306 e. The number of hydrogen-bond acceptors (Lipinski definition) is 3. The first-order valence-electron chi connectivity index (χ1n) is 6.89. The molecule has 1 aromatic rings. The molecule has 0 spiro atoms. The second kappa shape index (κ2) is 4.71. The molecule has 1 heterocycles. The third-order valence-electron chi connectivity index (χ3n) is 4.41. The van der Waals surface area contributed by atoms with Crippen molar-refractivity contribution in [3.8, 4) is 0 Å². The summed E-state index contributed by atoms with van der Waals surface area (Å²) in [4.78, 5) is 15.6. The summed E-state index contributed by atoms with van der Waals surface area (Å²) in [6, 6.07) is 0. The van der Waals surface area contributed by atoms with Crippen LogP contribution in [0.4, 0.5) is 0 Å². The molecule has 5 heteroatoms. The van der Waals surface area contributed by atoms with E-state index in [0.717, 1.165) is 24.5 Å². The molecule has 0 amide bonds. The van der Waals surface area contributed by atoms with Gasteiger partial charge in [0.2, 0.25) is 0 Å². The second-order valence-corrected chi connectivity index (χ2v) is 5.61. The van der Waals surface area contributed by atoms with Crippen LogP contribution in [0.1, 0.15) is 68.4 Å². The molecule has 2 saturated carbocycles. The Kier molecular flexibility index (Phi) is 3.06. The monoisotopic (exact) mass is 249 g/mol. The highest BCUT2D eigenvalue weighted by molar-refractivity contribution is 5.70. The fourth-order valence-corrected chi connectivity index (χ4v) is 3.29. The number of carbonyl (C=O) groups is 1. The first-order valence-corrected chi connectivity index (χ1v) is 6.89. The quantitative estimate of drug-likeness (QED) is 0.862. The molecular weight excluding hydrogens is 230 g/mol. The lowest BCUT2D eigenvalue weighted by atomic mass is 10.0. The van der Waals surface area contributed by atoms with Crippen LogP contribution in [0.25, 0.3) is 0 Å². The number of carboxylic acids is 1. The Labute approximate surface area is 106 Å². The van der Waals surface area contributed by atoms with E-state index in [1.54, 1.807) is 0 Å². The van der Waals surface area contributed by atoms with Crippen LogP contribution in [0, 0.1) is 5.92 Å². The van der Waals surface area contributed by atoms with Gasteiger partial charge in [-0.05, 0) is 32.1 Å². The van der Waals surface area contributed by atoms with Gasteiger partial charge in [-0.3, -0.25) is 9.89 Å². The third-order valence-corrected chi connectivity index (χ3v) is 4.41. The summed E-state index contributed by atoms with van der Waals surface area (Å²) >= 11 is 0. The van der Waals surface area contributed by atoms with E-state index in [-0.39, 0.29) is 11.8 Å². The topological polar surface area (TPSA) is 78.9 Å². The van der Waals surface area contributed by atoms with Crippen molar-refractivity contribution in [1.82, 2.24) is 15.2 Å². The lowest BCUT2D eigenvalue weighted by molar-refractivity contribution is -0.141. The maximum atomic E-state index is 10.9. The van der Waals surface area contributed by atoms with E-state index in [2.05, 4.69) is 15.2 Å². The molecule has 2 atom stereocenters. The van der Waals surface area contributed by atoms with Crippen LogP contribution in [0.15, 0.2) is 0 Å². The van der Waals surface area contributed by atoms with Crippen molar-refractivity contribution in [3.63, 3.8) is 0 Å². The molecule has 5 nitrogen and oxygen atoms in total. The van der Waals surface area contributed by atoms with Crippen LogP contribution in [0.5, 0.6) is 0 Å². The first-order chi connectivity index (χ1) is 8.74. The zero-order chi connectivity index (χ0) is 12.5. The molecule has 2 aliphatic rings. The molecule has 0 saturated heterocycles. The average Bonchev–Trinajstić information content (AvgIpc) is 3.10. The van der Waals surface area contributed by atoms with Gasteiger partial charge in [-0.25, -0.2) is 4.98 Å². The van der Waals surface area contributed by atoms with E-state index in [1.807, 2.05) is 0 Å². The molecular formula is C13H19N3O2. The number of carboxylic acid groups (broad SMARTS) is 1. The molecule has 18 heavy (non-hydrogen) atoms. The number of rotatable bonds is 3. The van der Waals surface area contributed by atoms with Gasteiger partial charge in [0.25, 0.3) is 0 Å². The van der Waals surface area contributed by atoms with E-state index < -0.39 is 5.97 Å². The van der Waals surface area contributed by atoms with Crippen molar-refractivity contribution in [2.24, 2.45) is 5.92 Å². The van der Waals surface area contributed by atoms with E-state index in [9.17, 15) is 4.79 Å². The van der Waals surface area contributed by atoms with Crippen LogP contribution in [0.3, 0.4) is 0 Å². The van der Waals surface area contributed by atoms with Gasteiger partial charge in [-0.1, -0.05) is 12.8 Å². The fourth-order valence-electron chi connectivity index (χ4n) is 3.29. The highest BCUT2D eigenvalue weighted by Crippen LogP contribution is 2.38. The number of H-pyrrole nitrogens is 1. The molecule has 2 N–H and O–H groups in total. The van der Waals surface area contributed by atoms with E-state index in [0.29, 0.717) is 12.3 Å². The van der Waals surface area contributed by atoms with E-state index in [4.69, 9.17) is 5.11 Å². The minimum atomic E-state index is -0.677. The molecule has 2 fully saturated rings. The van der Waals surface area contributed by atoms with Gasteiger partial charge in [0, 0.05) is 11.8 Å². The highest BCUT2D eigenvalue weighted by atomic mass is 16.4. The predicted molar refractivity (Wildman–Crippen MR) is 65.3 cm³/mol. The number of hydrogen-bond donors (Lipinski definition) is 2. The summed E-state index contributed by atoms with van der Waals surface area (Å²) in [5.74, 6) is 1.75. The minimum Gasteiger partial charge on any atom is -0.481 e. The molecule has 1 aromatic heterocycles. The molecule has 2 aliphatic carbocycles. The van der Waals surface area contributed by atoms with Gasteiger partial charge in [0.15, 0.2) is 5.82 Å². The molecule has 98 valence electrons. The summed E-state index contributed by atoms with van der Waals surface area (Å²) in [6.07, 6.45) is 7.33. The SMILES string of the molecule is O=C(O)C1CCC(c2n[nH]c(C3CCCC3)n2)C1. The lowest BCUT2D eigenvalue weighted by Crippen LogP contribution is -2.09. The summed E-state index contributed by atoms with van der Waals surface area (Å²) in [5.41, 5.74) is 0. The number of aliphatic carboxylic acids is 1. The fraction of sp³-hybridized carbons (Fsp3) is 0.769. The van der Waals surface area contributed by atoms with Crippen LogP contribution in [-0.2, 0) is 4.79 Å². The Hall–Kier alpha value is -1.39. The Balaban J connectivity index is 1.68. The van der Waals surface area contributed by atoms with Gasteiger partial charge >= 0.3 is 5.97 Å². The van der Waals surface area contributed by atoms with E-state index >= 15 is 0 Å². The van der Waals surface area contributed by atoms with Crippen molar-refractivity contribution in [3.05, 3.63) is 11.6 Å². The summed E-state index contributed by atoms with van der Waals surface area (Å²) in [6.45, 7) is 0. The van der Waals surface area contributed by atoms with Crippen molar-refractivity contribution in [2.75, 3.05) is 0 Å². The van der Waals surface area contributed by atoms with Gasteiger partial charge in [0.1, 0.15) is 5.82 Å². The third kappa shape index (κ3) is 2.13. The van der Waals surface area contributed by atoms with Gasteiger partial charge < -0.3 is 5.11 Å². The Bertz CT molecular complexity index is 437. The molecule has 0 aromatic carbocycles. The zero-order valence-electron chi connectivity index (χ0n) is 10.4. The van der Waals surface area contributed by atoms with Crippen molar-refractivity contribution >= 4 is 5.97 Å². The smallest absolute Gasteiger partial charge is 0.306 e. The minimum absolute atomic E-state index is 0.205. The molecule has 3 rings (SSSR count). The van der Waals surface area contributed by atoms with Gasteiger partial charge in [-0.2, -0.15) is 5.10 Å². The van der Waals surface area contributed by atoms with Crippen LogP contribution >= 0.6 is 0 Å². The summed E-state index contributed by atoms with van der Waals surface area (Å²) in [7, 11) is 0. The summed E-state index contributed by atoms with van der Waals surface area (Å²) in [5, 5.41) is 16.4. The molecule has 0 aliphatic heterocycles. The normalized spacial score (nSPS) is 28.9. The number of nitrogens with zero attached hydrogens (tertiary/aromatic N) is 2. The van der Waals surface area contributed by atoms with Crippen LogP contribution in [0.2, 0.25) is 0 Å². The van der Waals surface area contributed by atoms with E-state index in [1.165, 1.54) is 25.7 Å². The number of aromatic amines is 1.